The molecule has 0 spiro atoms. The summed E-state index contributed by atoms with van der Waals surface area (Å²) in [6, 6.07) is 7.04. The van der Waals surface area contributed by atoms with Gasteiger partial charge >= 0.3 is 0 Å². The van der Waals surface area contributed by atoms with E-state index in [9.17, 15) is 9.59 Å². The van der Waals surface area contributed by atoms with Crippen molar-refractivity contribution < 1.29 is 4.79 Å². The second kappa shape index (κ2) is 6.45. The van der Waals surface area contributed by atoms with Crippen molar-refractivity contribution >= 4 is 23.0 Å². The number of H-pyrrole nitrogens is 1. The van der Waals surface area contributed by atoms with Gasteiger partial charge in [0.2, 0.25) is 0 Å². The first-order valence-corrected chi connectivity index (χ1v) is 7.96. The lowest BCUT2D eigenvalue weighted by molar-refractivity contribution is 0.0769. The number of carbonyl (C=O) groups excluding carboxylic acids is 1. The van der Waals surface area contributed by atoms with Gasteiger partial charge in [0.05, 0.1) is 11.9 Å². The molecule has 7 nitrogen and oxygen atoms in total. The molecule has 0 fully saturated rings. The summed E-state index contributed by atoms with van der Waals surface area (Å²) in [6.45, 7) is 4.82. The summed E-state index contributed by atoms with van der Waals surface area (Å²) in [4.78, 5) is 29.3. The van der Waals surface area contributed by atoms with Crippen LogP contribution in [-0.4, -0.2) is 43.7 Å². The molecule has 0 aliphatic carbocycles. The van der Waals surface area contributed by atoms with Crippen LogP contribution in [0.2, 0.25) is 5.02 Å². The Morgan fingerprint density at radius 3 is 2.54 bits per heavy atom. The minimum absolute atomic E-state index is 0.0580. The third-order valence-corrected chi connectivity index (χ3v) is 4.07. The molecular formula is C16H16ClN5O2. The molecule has 0 aliphatic heterocycles. The molecule has 2 aromatic heterocycles. The summed E-state index contributed by atoms with van der Waals surface area (Å²) >= 11 is 5.88. The zero-order valence-electron chi connectivity index (χ0n) is 13.3. The van der Waals surface area contributed by atoms with Crippen LogP contribution in [0.25, 0.3) is 16.8 Å². The molecule has 124 valence electrons. The van der Waals surface area contributed by atoms with Crippen LogP contribution in [0.5, 0.6) is 0 Å². The van der Waals surface area contributed by atoms with Crippen molar-refractivity contribution in [3.8, 4) is 11.3 Å². The molecule has 3 rings (SSSR count). The first-order valence-electron chi connectivity index (χ1n) is 7.58. The summed E-state index contributed by atoms with van der Waals surface area (Å²) in [5.41, 5.74) is 1.14. The second-order valence-electron chi connectivity index (χ2n) is 5.21. The molecule has 0 aliphatic rings. The number of aromatic amines is 1. The lowest BCUT2D eigenvalue weighted by atomic mass is 10.1. The van der Waals surface area contributed by atoms with Gasteiger partial charge in [0, 0.05) is 18.1 Å². The van der Waals surface area contributed by atoms with Crippen molar-refractivity contribution in [3.63, 3.8) is 0 Å². The SMILES string of the molecule is CCN(CC)C(=O)c1nnn2cc(-c3ccc(Cl)cc3)[nH]c(=O)c12. The Bertz CT molecular complexity index is 941. The Morgan fingerprint density at radius 1 is 1.25 bits per heavy atom. The van der Waals surface area contributed by atoms with Gasteiger partial charge in [-0.3, -0.25) is 9.59 Å². The fraction of sp³-hybridized carbons (Fsp3) is 0.250. The molecule has 8 heteroatoms. The molecule has 0 bridgehead atoms. The molecule has 1 N–H and O–H groups in total. The highest BCUT2D eigenvalue weighted by atomic mass is 35.5. The number of nitrogens with zero attached hydrogens (tertiary/aromatic N) is 4. The van der Waals surface area contributed by atoms with E-state index in [0.29, 0.717) is 23.8 Å². The van der Waals surface area contributed by atoms with Crippen molar-refractivity contribution in [2.45, 2.75) is 13.8 Å². The molecule has 1 amide bonds. The van der Waals surface area contributed by atoms with Gasteiger partial charge in [0.25, 0.3) is 11.5 Å². The molecule has 3 aromatic rings. The van der Waals surface area contributed by atoms with Crippen molar-refractivity contribution in [3.05, 3.63) is 51.5 Å². The van der Waals surface area contributed by atoms with Crippen LogP contribution in [0.15, 0.2) is 35.3 Å². The summed E-state index contributed by atoms with van der Waals surface area (Å²) in [6.07, 6.45) is 1.63. The molecule has 0 saturated heterocycles. The lowest BCUT2D eigenvalue weighted by Gasteiger charge is -2.16. The van der Waals surface area contributed by atoms with Crippen LogP contribution in [-0.2, 0) is 0 Å². The number of rotatable bonds is 4. The van der Waals surface area contributed by atoms with Crippen molar-refractivity contribution in [1.29, 1.82) is 0 Å². The number of halogens is 1. The summed E-state index contributed by atoms with van der Waals surface area (Å²) in [5.74, 6) is -0.306. The smallest absolute Gasteiger partial charge is 0.276 e. The zero-order chi connectivity index (χ0) is 17.3. The number of fused-ring (bicyclic) bond motifs is 1. The van der Waals surface area contributed by atoms with E-state index < -0.39 is 5.56 Å². The summed E-state index contributed by atoms with van der Waals surface area (Å²) in [5, 5.41) is 8.44. The first kappa shape index (κ1) is 16.2. The topological polar surface area (TPSA) is 83.4 Å². The van der Waals surface area contributed by atoms with Crippen LogP contribution < -0.4 is 5.56 Å². The predicted molar refractivity (Wildman–Crippen MR) is 91.3 cm³/mol. The maximum Gasteiger partial charge on any atom is 0.276 e. The van der Waals surface area contributed by atoms with Gasteiger partial charge in [-0.15, -0.1) is 5.10 Å². The van der Waals surface area contributed by atoms with Crippen LogP contribution >= 0.6 is 11.6 Å². The van der Waals surface area contributed by atoms with Gasteiger partial charge in [-0.05, 0) is 31.5 Å². The third kappa shape index (κ3) is 2.78. The number of nitrogens with one attached hydrogen (secondary N) is 1. The fourth-order valence-electron chi connectivity index (χ4n) is 2.51. The minimum atomic E-state index is -0.414. The highest BCUT2D eigenvalue weighted by molar-refractivity contribution is 6.30. The van der Waals surface area contributed by atoms with Crippen molar-refractivity contribution in [2.75, 3.05) is 13.1 Å². The van der Waals surface area contributed by atoms with Gasteiger partial charge in [-0.2, -0.15) is 0 Å². The molecule has 0 saturated carbocycles. The first-order chi connectivity index (χ1) is 11.5. The van der Waals surface area contributed by atoms with E-state index in [2.05, 4.69) is 15.3 Å². The molecule has 0 unspecified atom stereocenters. The lowest BCUT2D eigenvalue weighted by Crippen LogP contribution is -2.31. The molecule has 1 aromatic carbocycles. The average Bonchev–Trinajstić information content (AvgIpc) is 3.01. The number of hydrogen-bond acceptors (Lipinski definition) is 4. The van der Waals surface area contributed by atoms with E-state index in [1.54, 1.807) is 35.4 Å². The third-order valence-electron chi connectivity index (χ3n) is 3.82. The van der Waals surface area contributed by atoms with Gasteiger partial charge in [-0.1, -0.05) is 28.9 Å². The van der Waals surface area contributed by atoms with Crippen molar-refractivity contribution in [1.82, 2.24) is 24.7 Å². The Labute approximate surface area is 142 Å². The zero-order valence-corrected chi connectivity index (χ0v) is 14.0. The van der Waals surface area contributed by atoms with Crippen LogP contribution in [0.3, 0.4) is 0 Å². The quantitative estimate of drug-likeness (QED) is 0.785. The molecule has 0 radical (unpaired) electrons. The van der Waals surface area contributed by atoms with E-state index in [1.165, 1.54) is 4.52 Å². The largest absolute Gasteiger partial charge is 0.338 e. The van der Waals surface area contributed by atoms with E-state index in [-0.39, 0.29) is 17.1 Å². The molecular weight excluding hydrogens is 330 g/mol. The number of amides is 1. The molecule has 2 heterocycles. The monoisotopic (exact) mass is 345 g/mol. The Balaban J connectivity index is 2.10. The maximum absolute atomic E-state index is 12.5. The Hall–Kier alpha value is -2.67. The number of benzene rings is 1. The van der Waals surface area contributed by atoms with E-state index in [1.807, 2.05) is 13.8 Å². The van der Waals surface area contributed by atoms with Gasteiger partial charge < -0.3 is 9.88 Å². The van der Waals surface area contributed by atoms with E-state index in [4.69, 9.17) is 11.6 Å². The van der Waals surface area contributed by atoms with Gasteiger partial charge in [0.15, 0.2) is 11.2 Å². The van der Waals surface area contributed by atoms with E-state index in [0.717, 1.165) is 5.56 Å². The maximum atomic E-state index is 12.5. The standard InChI is InChI=1S/C16H16ClN5O2/c1-3-21(4-2)16(24)13-14-15(23)18-12(9-22(14)20-19-13)10-5-7-11(17)8-6-10/h5-9H,3-4H2,1-2H3,(H,18,23). The second-order valence-corrected chi connectivity index (χ2v) is 5.65. The summed E-state index contributed by atoms with van der Waals surface area (Å²) in [7, 11) is 0. The Kier molecular flexibility index (Phi) is 4.35. The number of hydrogen-bond donors (Lipinski definition) is 1. The molecule has 24 heavy (non-hydrogen) atoms. The Morgan fingerprint density at radius 2 is 1.92 bits per heavy atom. The highest BCUT2D eigenvalue weighted by Gasteiger charge is 2.22. The van der Waals surface area contributed by atoms with Crippen LogP contribution in [0.1, 0.15) is 24.3 Å². The predicted octanol–water partition coefficient (Wildman–Crippen LogP) is 2.22. The highest BCUT2D eigenvalue weighted by Crippen LogP contribution is 2.19. The summed E-state index contributed by atoms with van der Waals surface area (Å²) < 4.78 is 1.33. The van der Waals surface area contributed by atoms with Gasteiger partial charge in [-0.25, -0.2) is 4.52 Å². The normalized spacial score (nSPS) is 11.0. The van der Waals surface area contributed by atoms with Crippen molar-refractivity contribution in [2.24, 2.45) is 0 Å². The van der Waals surface area contributed by atoms with E-state index >= 15 is 0 Å². The molecule has 0 atom stereocenters. The number of aromatic nitrogens is 4. The average molecular weight is 346 g/mol. The van der Waals surface area contributed by atoms with Crippen LogP contribution in [0.4, 0.5) is 0 Å². The minimum Gasteiger partial charge on any atom is -0.338 e. The number of carbonyl (C=O) groups is 1. The van der Waals surface area contributed by atoms with Gasteiger partial charge in [0.1, 0.15) is 0 Å². The fourth-order valence-corrected chi connectivity index (χ4v) is 2.64. The van der Waals surface area contributed by atoms with Crippen LogP contribution in [0, 0.1) is 0 Å².